The maximum absolute atomic E-state index is 5.61. The van der Waals surface area contributed by atoms with Gasteiger partial charge >= 0.3 is 0 Å². The molecule has 84 valence electrons. The molecule has 1 rings (SSSR count). The van der Waals surface area contributed by atoms with Gasteiger partial charge in [-0.05, 0) is 25.2 Å². The Morgan fingerprint density at radius 2 is 2.36 bits per heavy atom. The van der Waals surface area contributed by atoms with Crippen LogP contribution in [0.2, 0.25) is 0 Å². The summed E-state index contributed by atoms with van der Waals surface area (Å²) in [6, 6.07) is 0. The molecule has 2 atom stereocenters. The normalized spacial score (nSPS) is 30.2. The topological polar surface area (TPSA) is 18.5 Å². The van der Waals surface area contributed by atoms with Gasteiger partial charge in [0.25, 0.3) is 0 Å². The van der Waals surface area contributed by atoms with Gasteiger partial charge in [-0.15, -0.1) is 0 Å². The van der Waals surface area contributed by atoms with Crippen LogP contribution < -0.4 is 0 Å². The van der Waals surface area contributed by atoms with Gasteiger partial charge in [0.2, 0.25) is 0 Å². The number of rotatable bonds is 5. The van der Waals surface area contributed by atoms with Gasteiger partial charge in [-0.25, -0.2) is 0 Å². The van der Waals surface area contributed by atoms with Gasteiger partial charge in [-0.2, -0.15) is 0 Å². The Kier molecular flexibility index (Phi) is 5.42. The number of halogens is 1. The average molecular weight is 265 g/mol. The Balaban J connectivity index is 2.48. The molecule has 0 N–H and O–H groups in total. The monoisotopic (exact) mass is 264 g/mol. The molecule has 0 saturated carbocycles. The summed E-state index contributed by atoms with van der Waals surface area (Å²) in [5.41, 5.74) is 0.344. The molecular weight excluding hydrogens is 244 g/mol. The number of alkyl halides is 1. The second kappa shape index (κ2) is 6.09. The van der Waals surface area contributed by atoms with Gasteiger partial charge in [-0.3, -0.25) is 0 Å². The van der Waals surface area contributed by atoms with Gasteiger partial charge in [-0.1, -0.05) is 22.9 Å². The van der Waals surface area contributed by atoms with Crippen LogP contribution in [0.1, 0.15) is 26.2 Å². The standard InChI is InChI=1S/C11H21BrO2/c1-10(4-7-13-2)11(8-12)5-3-6-14-9-11/h10H,3-9H2,1-2H3. The summed E-state index contributed by atoms with van der Waals surface area (Å²) in [4.78, 5) is 0. The summed E-state index contributed by atoms with van der Waals surface area (Å²) in [7, 11) is 1.77. The molecule has 0 spiro atoms. The Labute approximate surface area is 95.5 Å². The highest BCUT2D eigenvalue weighted by atomic mass is 79.9. The molecule has 1 fully saturated rings. The fraction of sp³-hybridized carbons (Fsp3) is 1.00. The molecule has 0 aliphatic carbocycles. The maximum atomic E-state index is 5.61. The molecule has 0 aromatic carbocycles. The molecule has 2 unspecified atom stereocenters. The Bertz CT molecular complexity index is 155. The lowest BCUT2D eigenvalue weighted by Gasteiger charge is -2.40. The predicted molar refractivity (Wildman–Crippen MR) is 61.9 cm³/mol. The van der Waals surface area contributed by atoms with Crippen molar-refractivity contribution in [3.8, 4) is 0 Å². The Morgan fingerprint density at radius 1 is 1.57 bits per heavy atom. The number of ether oxygens (including phenoxy) is 2. The van der Waals surface area contributed by atoms with E-state index in [9.17, 15) is 0 Å². The van der Waals surface area contributed by atoms with Crippen molar-refractivity contribution in [1.82, 2.24) is 0 Å². The van der Waals surface area contributed by atoms with Crippen molar-refractivity contribution in [2.75, 3.05) is 32.3 Å². The molecule has 3 heteroatoms. The minimum Gasteiger partial charge on any atom is -0.385 e. The zero-order chi connectivity index (χ0) is 10.4. The molecule has 1 heterocycles. The van der Waals surface area contributed by atoms with Gasteiger partial charge in [0, 0.05) is 31.1 Å². The number of hydrogen-bond acceptors (Lipinski definition) is 2. The van der Waals surface area contributed by atoms with Crippen molar-refractivity contribution in [2.45, 2.75) is 26.2 Å². The molecule has 0 radical (unpaired) electrons. The molecule has 1 aliphatic rings. The van der Waals surface area contributed by atoms with Gasteiger partial charge in [0.15, 0.2) is 0 Å². The van der Waals surface area contributed by atoms with E-state index in [1.165, 1.54) is 12.8 Å². The number of methoxy groups -OCH3 is 1. The van der Waals surface area contributed by atoms with Gasteiger partial charge < -0.3 is 9.47 Å². The third-order valence-corrected chi connectivity index (χ3v) is 4.54. The van der Waals surface area contributed by atoms with Crippen LogP contribution in [0.3, 0.4) is 0 Å². The highest BCUT2D eigenvalue weighted by Gasteiger charge is 2.36. The second-order valence-corrected chi connectivity index (χ2v) is 4.90. The summed E-state index contributed by atoms with van der Waals surface area (Å²) in [6.45, 7) is 5.01. The summed E-state index contributed by atoms with van der Waals surface area (Å²) in [5, 5.41) is 1.05. The quantitative estimate of drug-likeness (QED) is 0.712. The van der Waals surface area contributed by atoms with Crippen molar-refractivity contribution in [1.29, 1.82) is 0 Å². The van der Waals surface area contributed by atoms with Crippen LogP contribution in [0.15, 0.2) is 0 Å². The van der Waals surface area contributed by atoms with Crippen LogP contribution >= 0.6 is 15.9 Å². The van der Waals surface area contributed by atoms with Crippen molar-refractivity contribution in [3.63, 3.8) is 0 Å². The summed E-state index contributed by atoms with van der Waals surface area (Å²) >= 11 is 3.64. The van der Waals surface area contributed by atoms with E-state index in [2.05, 4.69) is 22.9 Å². The summed E-state index contributed by atoms with van der Waals surface area (Å²) < 4.78 is 10.7. The fourth-order valence-electron chi connectivity index (χ4n) is 2.10. The highest BCUT2D eigenvalue weighted by Crippen LogP contribution is 2.39. The smallest absolute Gasteiger partial charge is 0.0533 e. The fourth-order valence-corrected chi connectivity index (χ4v) is 3.10. The lowest BCUT2D eigenvalue weighted by molar-refractivity contribution is -0.0295. The largest absolute Gasteiger partial charge is 0.385 e. The van der Waals surface area contributed by atoms with Crippen molar-refractivity contribution in [3.05, 3.63) is 0 Å². The minimum atomic E-state index is 0.344. The first kappa shape index (κ1) is 12.5. The van der Waals surface area contributed by atoms with E-state index >= 15 is 0 Å². The van der Waals surface area contributed by atoms with E-state index in [-0.39, 0.29) is 0 Å². The lowest BCUT2D eigenvalue weighted by Crippen LogP contribution is -2.39. The molecule has 2 nitrogen and oxygen atoms in total. The highest BCUT2D eigenvalue weighted by molar-refractivity contribution is 9.09. The number of hydrogen-bond donors (Lipinski definition) is 0. The first-order valence-corrected chi connectivity index (χ1v) is 6.50. The van der Waals surface area contributed by atoms with Crippen molar-refractivity contribution >= 4 is 15.9 Å². The molecule has 0 aromatic heterocycles. The summed E-state index contributed by atoms with van der Waals surface area (Å²) in [5.74, 6) is 0.669. The van der Waals surface area contributed by atoms with E-state index in [1.54, 1.807) is 7.11 Å². The van der Waals surface area contributed by atoms with Crippen LogP contribution in [0.25, 0.3) is 0 Å². The third kappa shape index (κ3) is 2.94. The zero-order valence-electron chi connectivity index (χ0n) is 9.22. The molecule has 0 amide bonds. The molecule has 0 aromatic rings. The lowest BCUT2D eigenvalue weighted by atomic mass is 9.73. The Hall–Kier alpha value is 0.400. The molecule has 1 saturated heterocycles. The first-order chi connectivity index (χ1) is 6.75. The first-order valence-electron chi connectivity index (χ1n) is 5.38. The molecule has 14 heavy (non-hydrogen) atoms. The van der Waals surface area contributed by atoms with E-state index in [1.807, 2.05) is 0 Å². The Morgan fingerprint density at radius 3 is 2.86 bits per heavy atom. The second-order valence-electron chi connectivity index (χ2n) is 4.33. The van der Waals surface area contributed by atoms with Crippen LogP contribution in [0.4, 0.5) is 0 Å². The SMILES string of the molecule is COCCC(C)C1(CBr)CCCOC1. The zero-order valence-corrected chi connectivity index (χ0v) is 10.8. The molecule has 0 bridgehead atoms. The van der Waals surface area contributed by atoms with Gasteiger partial charge in [0.1, 0.15) is 0 Å². The minimum absolute atomic E-state index is 0.344. The van der Waals surface area contributed by atoms with Crippen LogP contribution in [0, 0.1) is 11.3 Å². The molecule has 1 aliphatic heterocycles. The van der Waals surface area contributed by atoms with Crippen molar-refractivity contribution in [2.24, 2.45) is 11.3 Å². The van der Waals surface area contributed by atoms with Crippen LogP contribution in [0.5, 0.6) is 0 Å². The van der Waals surface area contributed by atoms with E-state index < -0.39 is 0 Å². The van der Waals surface area contributed by atoms with E-state index in [0.717, 1.165) is 31.6 Å². The summed E-state index contributed by atoms with van der Waals surface area (Å²) in [6.07, 6.45) is 3.61. The van der Waals surface area contributed by atoms with Crippen LogP contribution in [-0.4, -0.2) is 32.3 Å². The van der Waals surface area contributed by atoms with Crippen molar-refractivity contribution < 1.29 is 9.47 Å². The van der Waals surface area contributed by atoms with E-state index in [4.69, 9.17) is 9.47 Å². The van der Waals surface area contributed by atoms with Gasteiger partial charge in [0.05, 0.1) is 6.61 Å². The maximum Gasteiger partial charge on any atom is 0.0533 e. The molecular formula is C11H21BrO2. The van der Waals surface area contributed by atoms with E-state index in [0.29, 0.717) is 11.3 Å². The van der Waals surface area contributed by atoms with Crippen LogP contribution in [-0.2, 0) is 9.47 Å². The average Bonchev–Trinajstić information content (AvgIpc) is 2.26. The predicted octanol–water partition coefficient (Wildman–Crippen LogP) is 2.85. The third-order valence-electron chi connectivity index (χ3n) is 3.42.